The van der Waals surface area contributed by atoms with Gasteiger partial charge in [-0.2, -0.15) is 0 Å². The fourth-order valence-corrected chi connectivity index (χ4v) is 2.05. The largest absolute Gasteiger partial charge is 0.457 e. The second kappa shape index (κ2) is 6.60. The van der Waals surface area contributed by atoms with Gasteiger partial charge in [0.2, 0.25) is 0 Å². The molecule has 1 N–H and O–H groups in total. The second-order valence-corrected chi connectivity index (χ2v) is 4.89. The van der Waals surface area contributed by atoms with Gasteiger partial charge in [-0.25, -0.2) is 0 Å². The zero-order valence-electron chi connectivity index (χ0n) is 11.2. The van der Waals surface area contributed by atoms with Crippen LogP contribution in [0.5, 0.6) is 11.5 Å². The normalized spacial score (nSPS) is 10.5. The van der Waals surface area contributed by atoms with Gasteiger partial charge in [0.25, 0.3) is 0 Å². The molecule has 0 saturated carbocycles. The number of hydrogen-bond donors (Lipinski definition) is 1. The van der Waals surface area contributed by atoms with Crippen LogP contribution in [0.2, 0.25) is 5.02 Å². The average Bonchev–Trinajstić information content (AvgIpc) is 2.39. The Balaban J connectivity index is 2.23. The molecule has 0 fully saturated rings. The molecule has 0 aliphatic heterocycles. The minimum absolute atomic E-state index is 0.726. The molecular formula is C16H18ClNO. The summed E-state index contributed by atoms with van der Waals surface area (Å²) >= 11 is 6.04. The van der Waals surface area contributed by atoms with Crippen LogP contribution >= 0.6 is 11.6 Å². The molecule has 0 unspecified atom stereocenters. The van der Waals surface area contributed by atoms with E-state index in [0.29, 0.717) is 0 Å². The molecule has 2 aromatic rings. The summed E-state index contributed by atoms with van der Waals surface area (Å²) in [6, 6.07) is 13.7. The van der Waals surface area contributed by atoms with Crippen molar-refractivity contribution in [2.45, 2.75) is 20.4 Å². The summed E-state index contributed by atoms with van der Waals surface area (Å²) in [4.78, 5) is 0. The van der Waals surface area contributed by atoms with Crippen molar-refractivity contribution in [2.75, 3.05) is 6.54 Å². The summed E-state index contributed by atoms with van der Waals surface area (Å²) in [5.41, 5.74) is 2.25. The van der Waals surface area contributed by atoms with Gasteiger partial charge in [-0.3, -0.25) is 0 Å². The smallest absolute Gasteiger partial charge is 0.132 e. The highest BCUT2D eigenvalue weighted by atomic mass is 35.5. The van der Waals surface area contributed by atoms with E-state index in [2.05, 4.69) is 12.2 Å². The average molecular weight is 276 g/mol. The zero-order chi connectivity index (χ0) is 13.7. The van der Waals surface area contributed by atoms with Crippen molar-refractivity contribution in [1.82, 2.24) is 5.32 Å². The molecule has 0 aliphatic carbocycles. The van der Waals surface area contributed by atoms with Crippen molar-refractivity contribution in [3.05, 3.63) is 58.6 Å². The van der Waals surface area contributed by atoms with Gasteiger partial charge in [0.05, 0.1) is 0 Å². The van der Waals surface area contributed by atoms with E-state index in [9.17, 15) is 0 Å². The van der Waals surface area contributed by atoms with Crippen LogP contribution in [-0.4, -0.2) is 6.54 Å². The lowest BCUT2D eigenvalue weighted by molar-refractivity contribution is 0.473. The van der Waals surface area contributed by atoms with E-state index in [1.165, 1.54) is 5.56 Å². The third-order valence-corrected chi connectivity index (χ3v) is 3.04. The van der Waals surface area contributed by atoms with Gasteiger partial charge in [0, 0.05) is 17.1 Å². The second-order valence-electron chi connectivity index (χ2n) is 4.45. The first-order valence-electron chi connectivity index (χ1n) is 6.42. The first-order valence-corrected chi connectivity index (χ1v) is 6.80. The molecule has 2 nitrogen and oxygen atoms in total. The highest BCUT2D eigenvalue weighted by Gasteiger charge is 2.06. The number of nitrogens with one attached hydrogen (secondary N) is 1. The van der Waals surface area contributed by atoms with Gasteiger partial charge >= 0.3 is 0 Å². The lowest BCUT2D eigenvalue weighted by Gasteiger charge is -2.12. The molecule has 0 heterocycles. The molecule has 0 aromatic heterocycles. The molecule has 0 bridgehead atoms. The molecule has 19 heavy (non-hydrogen) atoms. The van der Waals surface area contributed by atoms with Crippen LogP contribution in [0.25, 0.3) is 0 Å². The van der Waals surface area contributed by atoms with Crippen LogP contribution in [0.3, 0.4) is 0 Å². The summed E-state index contributed by atoms with van der Waals surface area (Å²) in [5, 5.41) is 4.02. The molecule has 0 radical (unpaired) electrons. The van der Waals surface area contributed by atoms with Gasteiger partial charge in [-0.05, 0) is 49.4 Å². The topological polar surface area (TPSA) is 21.3 Å². The first kappa shape index (κ1) is 13.9. The molecule has 0 spiro atoms. The predicted molar refractivity (Wildman–Crippen MR) is 80.1 cm³/mol. The third kappa shape index (κ3) is 3.98. The monoisotopic (exact) mass is 275 g/mol. The summed E-state index contributed by atoms with van der Waals surface area (Å²) < 4.78 is 5.94. The molecule has 0 atom stereocenters. The van der Waals surface area contributed by atoms with Crippen molar-refractivity contribution >= 4 is 11.6 Å². The van der Waals surface area contributed by atoms with Crippen LogP contribution in [0, 0.1) is 6.92 Å². The summed E-state index contributed by atoms with van der Waals surface area (Å²) in [7, 11) is 0. The maximum atomic E-state index is 6.04. The lowest BCUT2D eigenvalue weighted by Crippen LogP contribution is -2.12. The van der Waals surface area contributed by atoms with Crippen molar-refractivity contribution < 1.29 is 4.74 Å². The van der Waals surface area contributed by atoms with E-state index < -0.39 is 0 Å². The van der Waals surface area contributed by atoms with Crippen molar-refractivity contribution in [3.63, 3.8) is 0 Å². The fourth-order valence-electron chi connectivity index (χ4n) is 1.85. The quantitative estimate of drug-likeness (QED) is 0.864. The van der Waals surface area contributed by atoms with Gasteiger partial charge in [-0.15, -0.1) is 0 Å². The van der Waals surface area contributed by atoms with Crippen molar-refractivity contribution in [3.8, 4) is 11.5 Å². The molecule has 100 valence electrons. The summed E-state index contributed by atoms with van der Waals surface area (Å²) in [5.74, 6) is 1.69. The van der Waals surface area contributed by atoms with Crippen molar-refractivity contribution in [2.24, 2.45) is 0 Å². The standard InChI is InChI=1S/C16H18ClNO/c1-3-18-11-13-10-14(17)7-8-16(13)19-15-6-4-5-12(2)9-15/h4-10,18H,3,11H2,1-2H3. The van der Waals surface area contributed by atoms with Gasteiger partial charge in [-0.1, -0.05) is 30.7 Å². The van der Waals surface area contributed by atoms with E-state index in [-0.39, 0.29) is 0 Å². The van der Waals surface area contributed by atoms with Crippen molar-refractivity contribution in [1.29, 1.82) is 0 Å². The molecule has 0 amide bonds. The minimum atomic E-state index is 0.726. The van der Waals surface area contributed by atoms with Crippen LogP contribution in [0.1, 0.15) is 18.1 Å². The van der Waals surface area contributed by atoms with Gasteiger partial charge < -0.3 is 10.1 Å². The van der Waals surface area contributed by atoms with E-state index in [0.717, 1.165) is 35.2 Å². The Kier molecular flexibility index (Phi) is 4.83. The van der Waals surface area contributed by atoms with E-state index in [4.69, 9.17) is 16.3 Å². The number of benzene rings is 2. The Morgan fingerprint density at radius 3 is 2.74 bits per heavy atom. The van der Waals surface area contributed by atoms with E-state index >= 15 is 0 Å². The number of hydrogen-bond acceptors (Lipinski definition) is 2. The summed E-state index contributed by atoms with van der Waals surface area (Å²) in [6.45, 7) is 5.79. The molecule has 2 rings (SSSR count). The Morgan fingerprint density at radius 1 is 1.16 bits per heavy atom. The molecular weight excluding hydrogens is 258 g/mol. The minimum Gasteiger partial charge on any atom is -0.457 e. The molecule has 0 aliphatic rings. The van der Waals surface area contributed by atoms with E-state index in [1.807, 2.05) is 49.4 Å². The predicted octanol–water partition coefficient (Wildman–Crippen LogP) is 4.55. The number of rotatable bonds is 5. The maximum absolute atomic E-state index is 6.04. The third-order valence-electron chi connectivity index (χ3n) is 2.81. The lowest BCUT2D eigenvalue weighted by atomic mass is 10.2. The Labute approximate surface area is 119 Å². The van der Waals surface area contributed by atoms with Gasteiger partial charge in [0.1, 0.15) is 11.5 Å². The maximum Gasteiger partial charge on any atom is 0.132 e. The number of aryl methyl sites for hydroxylation is 1. The van der Waals surface area contributed by atoms with Crippen LogP contribution in [-0.2, 0) is 6.54 Å². The highest BCUT2D eigenvalue weighted by molar-refractivity contribution is 6.30. The Hall–Kier alpha value is -1.51. The van der Waals surface area contributed by atoms with E-state index in [1.54, 1.807) is 0 Å². The first-order chi connectivity index (χ1) is 9.19. The molecule has 3 heteroatoms. The fraction of sp³-hybridized carbons (Fsp3) is 0.250. The highest BCUT2D eigenvalue weighted by Crippen LogP contribution is 2.28. The number of halogens is 1. The Morgan fingerprint density at radius 2 is 2.00 bits per heavy atom. The molecule has 0 saturated heterocycles. The zero-order valence-corrected chi connectivity index (χ0v) is 12.0. The summed E-state index contributed by atoms with van der Waals surface area (Å²) in [6.07, 6.45) is 0. The van der Waals surface area contributed by atoms with Crippen LogP contribution in [0.15, 0.2) is 42.5 Å². The van der Waals surface area contributed by atoms with Gasteiger partial charge in [0.15, 0.2) is 0 Å². The SMILES string of the molecule is CCNCc1cc(Cl)ccc1Oc1cccc(C)c1. The van der Waals surface area contributed by atoms with Crippen LogP contribution < -0.4 is 10.1 Å². The molecule has 2 aromatic carbocycles. The Bertz CT molecular complexity index is 554. The van der Waals surface area contributed by atoms with Crippen LogP contribution in [0.4, 0.5) is 0 Å². The number of ether oxygens (including phenoxy) is 1.